The van der Waals surface area contributed by atoms with Gasteiger partial charge in [0.05, 0.1) is 11.7 Å². The molecule has 0 spiro atoms. The van der Waals surface area contributed by atoms with E-state index in [0.717, 1.165) is 0 Å². The molecule has 6 heteroatoms. The minimum Gasteiger partial charge on any atom is -0.465 e. The maximum Gasteiger partial charge on any atom is 0.340 e. The summed E-state index contributed by atoms with van der Waals surface area (Å²) < 4.78 is 25.0. The zero-order chi connectivity index (χ0) is 21.5. The monoisotopic (exact) mass is 399 g/mol. The van der Waals surface area contributed by atoms with Crippen molar-refractivity contribution in [2.24, 2.45) is 0 Å². The summed E-state index contributed by atoms with van der Waals surface area (Å²) in [6, 6.07) is 6.03. The van der Waals surface area contributed by atoms with Crippen LogP contribution >= 0.6 is 0 Å². The first-order valence-corrected chi connectivity index (χ1v) is 9.61. The summed E-state index contributed by atoms with van der Waals surface area (Å²) >= 11 is 0. The number of aryl methyl sites for hydroxylation is 2. The molecule has 0 radical (unpaired) electrons. The van der Waals surface area contributed by atoms with Gasteiger partial charge >= 0.3 is 5.97 Å². The molecule has 1 aromatic heterocycles. The van der Waals surface area contributed by atoms with Crippen LogP contribution in [0.25, 0.3) is 5.57 Å². The van der Waals surface area contributed by atoms with Gasteiger partial charge in [-0.25, -0.2) is 9.18 Å². The number of amides is 1. The molecule has 2 heterocycles. The fourth-order valence-electron chi connectivity index (χ4n) is 3.50. The van der Waals surface area contributed by atoms with Crippen molar-refractivity contribution in [1.82, 2.24) is 4.90 Å². The normalized spacial score (nSPS) is 15.6. The molecule has 0 saturated heterocycles. The Morgan fingerprint density at radius 2 is 1.90 bits per heavy atom. The fourth-order valence-corrected chi connectivity index (χ4v) is 3.50. The first-order chi connectivity index (χ1) is 13.5. The van der Waals surface area contributed by atoms with Crippen LogP contribution in [0, 0.1) is 19.7 Å². The lowest BCUT2D eigenvalue weighted by atomic mass is 9.87. The lowest BCUT2D eigenvalue weighted by Gasteiger charge is -2.28. The Bertz CT molecular complexity index is 1000. The van der Waals surface area contributed by atoms with Crippen LogP contribution in [0.15, 0.2) is 34.9 Å². The highest BCUT2D eigenvalue weighted by Gasteiger charge is 2.38. The van der Waals surface area contributed by atoms with Crippen molar-refractivity contribution < 1.29 is 23.1 Å². The van der Waals surface area contributed by atoms with Crippen LogP contribution < -0.4 is 0 Å². The van der Waals surface area contributed by atoms with E-state index in [1.54, 1.807) is 26.8 Å². The summed E-state index contributed by atoms with van der Waals surface area (Å²) in [5, 5.41) is 0. The van der Waals surface area contributed by atoms with Crippen molar-refractivity contribution >= 4 is 17.4 Å². The minimum absolute atomic E-state index is 0.267. The molecule has 0 fully saturated rings. The fraction of sp³-hybridized carbons (Fsp3) is 0.391. The number of hydrogen-bond acceptors (Lipinski definition) is 4. The number of fused-ring (bicyclic) bond motifs is 1. The maximum atomic E-state index is 13.6. The van der Waals surface area contributed by atoms with Crippen LogP contribution in [0.1, 0.15) is 60.7 Å². The van der Waals surface area contributed by atoms with E-state index in [1.807, 2.05) is 20.8 Å². The van der Waals surface area contributed by atoms with Crippen LogP contribution in [0.4, 0.5) is 4.39 Å². The van der Waals surface area contributed by atoms with Crippen molar-refractivity contribution in [3.8, 4) is 0 Å². The van der Waals surface area contributed by atoms with Crippen molar-refractivity contribution in [2.75, 3.05) is 6.54 Å². The second-order valence-electron chi connectivity index (χ2n) is 8.38. The molecule has 29 heavy (non-hydrogen) atoms. The zero-order valence-corrected chi connectivity index (χ0v) is 17.6. The van der Waals surface area contributed by atoms with Gasteiger partial charge in [0.2, 0.25) is 0 Å². The molecule has 0 bridgehead atoms. The summed E-state index contributed by atoms with van der Waals surface area (Å²) in [7, 11) is 0. The molecular weight excluding hydrogens is 373 g/mol. The topological polar surface area (TPSA) is 59.8 Å². The first kappa shape index (κ1) is 20.8. The number of carbonyl (C=O) groups excluding carboxylic acids is 2. The van der Waals surface area contributed by atoms with E-state index >= 15 is 0 Å². The predicted octanol–water partition coefficient (Wildman–Crippen LogP) is 4.76. The Kier molecular flexibility index (Phi) is 5.39. The Morgan fingerprint density at radius 1 is 1.21 bits per heavy atom. The maximum absolute atomic E-state index is 13.6. The van der Waals surface area contributed by atoms with E-state index in [0.29, 0.717) is 34.8 Å². The van der Waals surface area contributed by atoms with Gasteiger partial charge in [0.25, 0.3) is 5.91 Å². The van der Waals surface area contributed by atoms with E-state index in [1.165, 1.54) is 29.3 Å². The number of rotatable bonds is 3. The third-order valence-electron chi connectivity index (χ3n) is 4.84. The lowest BCUT2D eigenvalue weighted by Crippen LogP contribution is -2.36. The van der Waals surface area contributed by atoms with Gasteiger partial charge in [-0.2, -0.15) is 0 Å². The van der Waals surface area contributed by atoms with Gasteiger partial charge in [-0.1, -0.05) is 13.8 Å². The smallest absolute Gasteiger partial charge is 0.340 e. The Balaban J connectivity index is 2.11. The Hall–Kier alpha value is -2.89. The van der Waals surface area contributed by atoms with Gasteiger partial charge in [0.15, 0.2) is 0 Å². The molecular formula is C23H26FNO4. The van der Waals surface area contributed by atoms with Gasteiger partial charge in [0.1, 0.15) is 17.3 Å². The number of halogens is 1. The SMILES string of the molecule is Cc1cc2c(o1)C(C)(C)CN(C(=O)c1ccc(F)c(C)c1)C=C2C(=O)OC(C)C. The summed E-state index contributed by atoms with van der Waals surface area (Å²) in [6.07, 6.45) is 1.22. The number of nitrogens with zero attached hydrogens (tertiary/aromatic N) is 1. The van der Waals surface area contributed by atoms with Gasteiger partial charge in [-0.05, 0) is 57.5 Å². The van der Waals surface area contributed by atoms with E-state index in [-0.39, 0.29) is 23.4 Å². The summed E-state index contributed by atoms with van der Waals surface area (Å²) in [5.74, 6) is 0.0997. The Labute approximate surface area is 170 Å². The van der Waals surface area contributed by atoms with Crippen molar-refractivity contribution in [3.05, 3.63) is 64.5 Å². The third kappa shape index (κ3) is 4.11. The number of hydrogen-bond donors (Lipinski definition) is 0. The van der Waals surface area contributed by atoms with Crippen LogP contribution in [0.2, 0.25) is 0 Å². The molecule has 0 N–H and O–H groups in total. The second kappa shape index (κ2) is 7.50. The largest absolute Gasteiger partial charge is 0.465 e. The molecule has 5 nitrogen and oxygen atoms in total. The molecule has 0 atom stereocenters. The van der Waals surface area contributed by atoms with Crippen molar-refractivity contribution in [3.63, 3.8) is 0 Å². The van der Waals surface area contributed by atoms with E-state index < -0.39 is 11.4 Å². The quantitative estimate of drug-likeness (QED) is 0.698. The highest BCUT2D eigenvalue weighted by atomic mass is 19.1. The molecule has 0 unspecified atom stereocenters. The molecule has 0 aliphatic carbocycles. The lowest BCUT2D eigenvalue weighted by molar-refractivity contribution is -0.140. The molecule has 3 rings (SSSR count). The number of furan rings is 1. The molecule has 154 valence electrons. The van der Waals surface area contributed by atoms with Crippen LogP contribution in [0.3, 0.4) is 0 Å². The number of esters is 1. The van der Waals surface area contributed by atoms with E-state index in [4.69, 9.17) is 9.15 Å². The molecule has 1 amide bonds. The average Bonchev–Trinajstić information content (AvgIpc) is 2.97. The predicted molar refractivity (Wildman–Crippen MR) is 108 cm³/mol. The second-order valence-corrected chi connectivity index (χ2v) is 8.38. The molecule has 1 aliphatic rings. The summed E-state index contributed by atoms with van der Waals surface area (Å²) in [5.41, 5.74) is 1.08. The van der Waals surface area contributed by atoms with Gasteiger partial charge in [-0.3, -0.25) is 4.79 Å². The van der Waals surface area contributed by atoms with E-state index in [9.17, 15) is 14.0 Å². The van der Waals surface area contributed by atoms with E-state index in [2.05, 4.69) is 0 Å². The summed E-state index contributed by atoms with van der Waals surface area (Å²) in [4.78, 5) is 27.5. The number of carbonyl (C=O) groups is 2. The molecule has 1 aromatic carbocycles. The molecule has 2 aromatic rings. The standard InChI is InChI=1S/C23H26FNO4/c1-13(2)28-22(27)18-11-25(21(26)16-7-8-19(24)14(3)9-16)12-23(5,6)20-17(18)10-15(4)29-20/h7-11,13H,12H2,1-6H3. The van der Waals surface area contributed by atoms with Crippen LogP contribution in [-0.2, 0) is 14.9 Å². The average molecular weight is 399 g/mol. The highest BCUT2D eigenvalue weighted by molar-refractivity contribution is 6.17. The van der Waals surface area contributed by atoms with Crippen LogP contribution in [-0.4, -0.2) is 29.4 Å². The summed E-state index contributed by atoms with van der Waals surface area (Å²) in [6.45, 7) is 11.2. The Morgan fingerprint density at radius 3 is 2.52 bits per heavy atom. The number of benzene rings is 1. The van der Waals surface area contributed by atoms with Gasteiger partial charge in [-0.15, -0.1) is 0 Å². The highest BCUT2D eigenvalue weighted by Crippen LogP contribution is 2.38. The van der Waals surface area contributed by atoms with Crippen LogP contribution in [0.5, 0.6) is 0 Å². The first-order valence-electron chi connectivity index (χ1n) is 9.61. The number of ether oxygens (including phenoxy) is 1. The zero-order valence-electron chi connectivity index (χ0n) is 17.6. The van der Waals surface area contributed by atoms with Crippen molar-refractivity contribution in [2.45, 2.75) is 53.1 Å². The molecule has 0 saturated carbocycles. The molecule has 1 aliphatic heterocycles. The minimum atomic E-state index is -0.551. The van der Waals surface area contributed by atoms with Gasteiger partial charge in [0, 0.05) is 29.3 Å². The van der Waals surface area contributed by atoms with Crippen molar-refractivity contribution in [1.29, 1.82) is 0 Å². The third-order valence-corrected chi connectivity index (χ3v) is 4.84. The van der Waals surface area contributed by atoms with Gasteiger partial charge < -0.3 is 14.1 Å².